The number of aryl methyl sites for hydroxylation is 1. The van der Waals surface area contributed by atoms with Crippen LogP contribution in [-0.4, -0.2) is 20.2 Å². The third-order valence-corrected chi connectivity index (χ3v) is 3.10. The first kappa shape index (κ1) is 13.9. The lowest BCUT2D eigenvalue weighted by Gasteiger charge is -2.02. The van der Waals surface area contributed by atoms with Gasteiger partial charge in [-0.15, -0.1) is 5.10 Å². The summed E-state index contributed by atoms with van der Waals surface area (Å²) >= 11 is 0. The van der Waals surface area contributed by atoms with Gasteiger partial charge < -0.3 is 5.32 Å². The summed E-state index contributed by atoms with van der Waals surface area (Å²) < 4.78 is 14.5. The maximum absolute atomic E-state index is 13.0. The summed E-state index contributed by atoms with van der Waals surface area (Å²) in [5, 5.41) is 14.6. The third-order valence-electron chi connectivity index (χ3n) is 3.10. The molecule has 2 aromatic carbocycles. The molecule has 22 heavy (non-hydrogen) atoms. The Labute approximate surface area is 127 Å². The van der Waals surface area contributed by atoms with Crippen molar-refractivity contribution in [2.24, 2.45) is 0 Å². The van der Waals surface area contributed by atoms with E-state index in [2.05, 4.69) is 20.8 Å². The number of halogens is 1. The molecule has 0 aliphatic heterocycles. The number of benzene rings is 2. The van der Waals surface area contributed by atoms with Gasteiger partial charge in [-0.25, -0.2) is 4.39 Å². The molecule has 0 saturated heterocycles. The van der Waals surface area contributed by atoms with E-state index < -0.39 is 0 Å². The van der Waals surface area contributed by atoms with Crippen molar-refractivity contribution in [3.05, 3.63) is 71.9 Å². The lowest BCUT2D eigenvalue weighted by atomic mass is 10.2. The summed E-state index contributed by atoms with van der Waals surface area (Å²) in [6.07, 6.45) is 3.51. The molecule has 0 bridgehead atoms. The molecular weight excluding hydrogens is 281 g/mol. The molecule has 0 atom stereocenters. The molecule has 0 aliphatic carbocycles. The Balaban J connectivity index is 1.76. The highest BCUT2D eigenvalue weighted by Gasteiger charge is 2.05. The van der Waals surface area contributed by atoms with Crippen molar-refractivity contribution >= 4 is 11.8 Å². The Morgan fingerprint density at radius 3 is 2.50 bits per heavy atom. The summed E-state index contributed by atoms with van der Waals surface area (Å²) in [6, 6.07) is 14.0. The number of hydrogen-bond acceptors (Lipinski definition) is 4. The molecule has 1 heterocycles. The fourth-order valence-electron chi connectivity index (χ4n) is 1.93. The lowest BCUT2D eigenvalue weighted by Crippen LogP contribution is -2.00. The Morgan fingerprint density at radius 1 is 1.05 bits per heavy atom. The van der Waals surface area contributed by atoms with Crippen LogP contribution in [0.2, 0.25) is 0 Å². The molecular formula is C16H14FN5. The van der Waals surface area contributed by atoms with Crippen LogP contribution in [0.1, 0.15) is 11.4 Å². The molecule has 0 amide bonds. The Kier molecular flexibility index (Phi) is 3.91. The second kappa shape index (κ2) is 6.17. The zero-order valence-electron chi connectivity index (χ0n) is 11.9. The van der Waals surface area contributed by atoms with Crippen LogP contribution in [0, 0.1) is 12.7 Å². The lowest BCUT2D eigenvalue weighted by molar-refractivity contribution is 0.626. The number of hydrogen-bond donors (Lipinski definition) is 1. The van der Waals surface area contributed by atoms with E-state index in [1.807, 2.05) is 31.2 Å². The third kappa shape index (κ3) is 3.17. The summed E-state index contributed by atoms with van der Waals surface area (Å²) in [4.78, 5) is 0. The van der Waals surface area contributed by atoms with Crippen LogP contribution in [-0.2, 0) is 0 Å². The topological polar surface area (TPSA) is 55.6 Å². The van der Waals surface area contributed by atoms with Crippen LogP contribution in [0.5, 0.6) is 0 Å². The summed E-state index contributed by atoms with van der Waals surface area (Å²) in [7, 11) is 0. The largest absolute Gasteiger partial charge is 0.362 e. The van der Waals surface area contributed by atoms with Crippen LogP contribution in [0.4, 0.5) is 10.1 Å². The van der Waals surface area contributed by atoms with Gasteiger partial charge in [-0.1, -0.05) is 17.7 Å². The number of aromatic nitrogens is 4. The predicted octanol–water partition coefficient (Wildman–Crippen LogP) is 3.19. The first-order valence-electron chi connectivity index (χ1n) is 6.76. The highest BCUT2D eigenvalue weighted by Crippen LogP contribution is 2.11. The first-order valence-corrected chi connectivity index (χ1v) is 6.76. The van der Waals surface area contributed by atoms with E-state index in [0.29, 0.717) is 11.5 Å². The Hall–Kier alpha value is -3.02. The van der Waals surface area contributed by atoms with Crippen LogP contribution in [0.15, 0.2) is 54.7 Å². The Bertz CT molecular complexity index is 775. The van der Waals surface area contributed by atoms with Crippen molar-refractivity contribution in [1.29, 1.82) is 0 Å². The van der Waals surface area contributed by atoms with Crippen molar-refractivity contribution < 1.29 is 4.39 Å². The minimum absolute atomic E-state index is 0.296. The second-order valence-corrected chi connectivity index (χ2v) is 4.77. The summed E-state index contributed by atoms with van der Waals surface area (Å²) in [6.45, 7) is 2.04. The van der Waals surface area contributed by atoms with Crippen molar-refractivity contribution in [3.63, 3.8) is 0 Å². The molecule has 3 rings (SSSR count). The first-order chi connectivity index (χ1) is 10.7. The summed E-state index contributed by atoms with van der Waals surface area (Å²) in [5.74, 6) is 0.251. The second-order valence-electron chi connectivity index (χ2n) is 4.77. The van der Waals surface area contributed by atoms with Gasteiger partial charge in [0.15, 0.2) is 5.82 Å². The van der Waals surface area contributed by atoms with Crippen molar-refractivity contribution in [2.45, 2.75) is 6.92 Å². The highest BCUT2D eigenvalue weighted by atomic mass is 19.1. The number of anilines is 1. The molecule has 0 saturated carbocycles. The van der Waals surface area contributed by atoms with Gasteiger partial charge in [0, 0.05) is 18.0 Å². The molecule has 0 fully saturated rings. The van der Waals surface area contributed by atoms with E-state index in [1.165, 1.54) is 22.4 Å². The average molecular weight is 295 g/mol. The van der Waals surface area contributed by atoms with E-state index in [-0.39, 0.29) is 5.82 Å². The normalized spacial score (nSPS) is 11.0. The van der Waals surface area contributed by atoms with Crippen molar-refractivity contribution in [3.8, 4) is 5.69 Å². The van der Waals surface area contributed by atoms with Gasteiger partial charge in [0.2, 0.25) is 0 Å². The molecule has 0 aliphatic rings. The fraction of sp³-hybridized carbons (Fsp3) is 0.0625. The molecule has 0 unspecified atom stereocenters. The quantitative estimate of drug-likeness (QED) is 0.803. The van der Waals surface area contributed by atoms with E-state index in [0.717, 1.165) is 5.69 Å². The minimum atomic E-state index is -0.296. The van der Waals surface area contributed by atoms with Crippen molar-refractivity contribution in [2.75, 3.05) is 5.32 Å². The van der Waals surface area contributed by atoms with Crippen LogP contribution in [0.3, 0.4) is 0 Å². The van der Waals surface area contributed by atoms with Gasteiger partial charge >= 0.3 is 0 Å². The molecule has 0 radical (unpaired) electrons. The van der Waals surface area contributed by atoms with Gasteiger partial charge in [0.1, 0.15) is 5.82 Å². The standard InChI is InChI=1S/C16H14FN5/c1-12-2-6-14(7-3-12)18-11-10-16-19-20-21-22(16)15-8-4-13(17)5-9-15/h2-11,18H,1H3. The number of tetrazole rings is 1. The minimum Gasteiger partial charge on any atom is -0.362 e. The Morgan fingerprint density at radius 2 is 1.77 bits per heavy atom. The van der Waals surface area contributed by atoms with Gasteiger partial charge in [-0.2, -0.15) is 4.68 Å². The molecule has 110 valence electrons. The molecule has 0 spiro atoms. The van der Waals surface area contributed by atoms with Crippen LogP contribution >= 0.6 is 0 Å². The fourth-order valence-corrected chi connectivity index (χ4v) is 1.93. The van der Waals surface area contributed by atoms with E-state index in [1.54, 1.807) is 24.4 Å². The average Bonchev–Trinajstić information content (AvgIpc) is 2.98. The smallest absolute Gasteiger partial charge is 0.181 e. The van der Waals surface area contributed by atoms with E-state index >= 15 is 0 Å². The highest BCUT2D eigenvalue weighted by molar-refractivity contribution is 5.52. The number of nitrogens with one attached hydrogen (secondary N) is 1. The predicted molar refractivity (Wildman–Crippen MR) is 82.9 cm³/mol. The van der Waals surface area contributed by atoms with E-state index in [9.17, 15) is 4.39 Å². The summed E-state index contributed by atoms with van der Waals surface area (Å²) in [5.41, 5.74) is 2.87. The zero-order valence-corrected chi connectivity index (χ0v) is 11.9. The maximum Gasteiger partial charge on any atom is 0.181 e. The zero-order chi connectivity index (χ0) is 15.4. The molecule has 3 aromatic rings. The van der Waals surface area contributed by atoms with Gasteiger partial charge in [0.05, 0.1) is 5.69 Å². The molecule has 6 heteroatoms. The van der Waals surface area contributed by atoms with Crippen LogP contribution < -0.4 is 5.32 Å². The van der Waals surface area contributed by atoms with Gasteiger partial charge in [-0.3, -0.25) is 0 Å². The molecule has 5 nitrogen and oxygen atoms in total. The maximum atomic E-state index is 13.0. The van der Waals surface area contributed by atoms with Gasteiger partial charge in [0.25, 0.3) is 0 Å². The SMILES string of the molecule is Cc1ccc(NC=Cc2nnnn2-c2ccc(F)cc2)cc1. The van der Waals surface area contributed by atoms with Gasteiger partial charge in [-0.05, 0) is 53.7 Å². The molecule has 1 N–H and O–H groups in total. The monoisotopic (exact) mass is 295 g/mol. The van der Waals surface area contributed by atoms with E-state index in [4.69, 9.17) is 0 Å². The number of nitrogens with zero attached hydrogens (tertiary/aromatic N) is 4. The van der Waals surface area contributed by atoms with Crippen LogP contribution in [0.25, 0.3) is 11.8 Å². The molecule has 1 aromatic heterocycles. The number of rotatable bonds is 4. The van der Waals surface area contributed by atoms with Crippen molar-refractivity contribution in [1.82, 2.24) is 20.2 Å².